The number of ether oxygens (including phenoxy) is 2. The number of fused-ring (bicyclic) bond motifs is 4. The van der Waals surface area contributed by atoms with Gasteiger partial charge in [-0.15, -0.1) is 0 Å². The minimum atomic E-state index is -1.01. The highest BCUT2D eigenvalue weighted by molar-refractivity contribution is 14.1. The van der Waals surface area contributed by atoms with Crippen molar-refractivity contribution in [3.8, 4) is 11.5 Å². The molecule has 2 bridgehead atoms. The Balaban J connectivity index is 1.78. The molecule has 1 atom stereocenters. The third kappa shape index (κ3) is 2.33. The lowest BCUT2D eigenvalue weighted by molar-refractivity contribution is -0.201. The lowest BCUT2D eigenvalue weighted by atomic mass is 9.54. The Morgan fingerprint density at radius 2 is 1.68 bits per heavy atom. The first-order valence-corrected chi connectivity index (χ1v) is 9.99. The van der Waals surface area contributed by atoms with E-state index in [9.17, 15) is 9.90 Å². The number of benzene rings is 1. The van der Waals surface area contributed by atoms with Crippen LogP contribution in [0.5, 0.6) is 11.5 Å². The maximum Gasteiger partial charge on any atom is 0.337 e. The van der Waals surface area contributed by atoms with E-state index in [4.69, 9.17) is 26.8 Å². The van der Waals surface area contributed by atoms with Gasteiger partial charge in [-0.25, -0.2) is 4.79 Å². The van der Waals surface area contributed by atoms with Gasteiger partial charge < -0.3 is 20.3 Å². The summed E-state index contributed by atoms with van der Waals surface area (Å²) < 4.78 is 13.1. The predicted molar refractivity (Wildman–Crippen MR) is 103 cm³/mol. The molecule has 136 valence electrons. The third-order valence-electron chi connectivity index (χ3n) is 6.61. The summed E-state index contributed by atoms with van der Waals surface area (Å²) in [6.07, 6.45) is 5.76. The number of hydrogen-bond acceptors (Lipinski definition) is 4. The van der Waals surface area contributed by atoms with Crippen LogP contribution in [0.1, 0.15) is 61.4 Å². The van der Waals surface area contributed by atoms with Gasteiger partial charge in [-0.3, -0.25) is 0 Å². The first kappa shape index (κ1) is 17.7. The Morgan fingerprint density at radius 1 is 1.16 bits per heavy atom. The van der Waals surface area contributed by atoms with E-state index in [1.54, 1.807) is 6.92 Å². The summed E-state index contributed by atoms with van der Waals surface area (Å²) in [6, 6.07) is 0. The van der Waals surface area contributed by atoms with E-state index in [0.29, 0.717) is 25.7 Å². The summed E-state index contributed by atoms with van der Waals surface area (Å²) in [7, 11) is 0. The van der Waals surface area contributed by atoms with Crippen molar-refractivity contribution < 1.29 is 19.4 Å². The fraction of sp³-hybridized carbons (Fsp3) is 0.611. The van der Waals surface area contributed by atoms with E-state index < -0.39 is 11.8 Å². The van der Waals surface area contributed by atoms with Gasteiger partial charge in [0.15, 0.2) is 11.5 Å². The SMILES string of the molecule is Cc1c2c(c(Cl)c(I)c1C(=O)O)OC(C)(C13CCC(N)(CC1)CC3)O2. The molecule has 5 rings (SSSR count). The number of carbonyl (C=O) groups is 1. The van der Waals surface area contributed by atoms with Gasteiger partial charge >= 0.3 is 5.97 Å². The quantitative estimate of drug-likeness (QED) is 0.614. The second kappa shape index (κ2) is 5.39. The summed E-state index contributed by atoms with van der Waals surface area (Å²) in [4.78, 5) is 11.6. The van der Waals surface area contributed by atoms with Crippen LogP contribution < -0.4 is 15.2 Å². The first-order chi connectivity index (χ1) is 11.6. The Bertz CT molecular complexity index is 771. The number of nitrogens with two attached hydrogens (primary N) is 1. The fourth-order valence-corrected chi connectivity index (χ4v) is 5.85. The largest absolute Gasteiger partial charge is 0.478 e. The van der Waals surface area contributed by atoms with Crippen molar-refractivity contribution in [2.45, 2.75) is 63.7 Å². The van der Waals surface area contributed by atoms with Gasteiger partial charge in [0.25, 0.3) is 5.79 Å². The van der Waals surface area contributed by atoms with Crippen molar-refractivity contribution in [3.63, 3.8) is 0 Å². The molecule has 3 aliphatic carbocycles. The van der Waals surface area contributed by atoms with Crippen molar-refractivity contribution >= 4 is 40.2 Å². The van der Waals surface area contributed by atoms with Crippen LogP contribution in [0.3, 0.4) is 0 Å². The summed E-state index contributed by atoms with van der Waals surface area (Å²) in [5, 5.41) is 9.86. The summed E-state index contributed by atoms with van der Waals surface area (Å²) in [6.45, 7) is 3.71. The molecular weight excluding hydrogens is 457 g/mol. The highest BCUT2D eigenvalue weighted by Gasteiger charge is 2.61. The van der Waals surface area contributed by atoms with Crippen molar-refractivity contribution in [3.05, 3.63) is 19.7 Å². The zero-order valence-electron chi connectivity index (χ0n) is 14.2. The second-order valence-electron chi connectivity index (χ2n) is 7.88. The fourth-order valence-electron chi connectivity index (χ4n) is 4.75. The smallest absolute Gasteiger partial charge is 0.337 e. The molecule has 0 saturated heterocycles. The molecular formula is C18H21ClINO4. The molecule has 3 N–H and O–H groups in total. The van der Waals surface area contributed by atoms with Crippen LogP contribution in [0, 0.1) is 15.9 Å². The standard InChI is InChI=1S/C18H21ClINO4/c1-9-10(15(22)23)12(20)11(19)14-13(9)24-16(2,25-14)17-3-6-18(21,7-4-17)8-5-17/h3-8,21H2,1-2H3,(H,22,23). The maximum atomic E-state index is 11.6. The minimum Gasteiger partial charge on any atom is -0.478 e. The van der Waals surface area contributed by atoms with E-state index in [2.05, 4.69) is 0 Å². The monoisotopic (exact) mass is 477 g/mol. The van der Waals surface area contributed by atoms with Gasteiger partial charge in [0.05, 0.1) is 9.13 Å². The van der Waals surface area contributed by atoms with E-state index in [1.807, 2.05) is 29.5 Å². The number of hydrogen-bond donors (Lipinski definition) is 2. The summed E-state index contributed by atoms with van der Waals surface area (Å²) >= 11 is 8.41. The van der Waals surface area contributed by atoms with E-state index >= 15 is 0 Å². The first-order valence-electron chi connectivity index (χ1n) is 8.53. The van der Waals surface area contributed by atoms with E-state index in [1.165, 1.54) is 0 Å². The topological polar surface area (TPSA) is 81.8 Å². The van der Waals surface area contributed by atoms with Gasteiger partial charge in [-0.05, 0) is 68.0 Å². The molecule has 1 aromatic rings. The van der Waals surface area contributed by atoms with Crippen molar-refractivity contribution in [1.82, 2.24) is 0 Å². The minimum absolute atomic E-state index is 0.0387. The Hall–Kier alpha value is -0.730. The van der Waals surface area contributed by atoms with Gasteiger partial charge in [-0.1, -0.05) is 11.6 Å². The molecule has 0 radical (unpaired) electrons. The lowest BCUT2D eigenvalue weighted by Gasteiger charge is -2.56. The zero-order valence-corrected chi connectivity index (χ0v) is 17.2. The van der Waals surface area contributed by atoms with Crippen LogP contribution in [0.15, 0.2) is 0 Å². The van der Waals surface area contributed by atoms with E-state index in [-0.39, 0.29) is 16.5 Å². The number of carboxylic acids is 1. The van der Waals surface area contributed by atoms with Crippen LogP contribution in [0.2, 0.25) is 5.02 Å². The molecule has 5 nitrogen and oxygen atoms in total. The van der Waals surface area contributed by atoms with Crippen LogP contribution in [0.4, 0.5) is 0 Å². The third-order valence-corrected chi connectivity index (χ3v) is 8.37. The molecule has 4 aliphatic rings. The van der Waals surface area contributed by atoms with Gasteiger partial charge in [0.2, 0.25) is 0 Å². The van der Waals surface area contributed by atoms with Crippen LogP contribution in [-0.2, 0) is 0 Å². The molecule has 0 spiro atoms. The molecule has 1 aliphatic heterocycles. The number of aromatic carboxylic acids is 1. The molecule has 3 fully saturated rings. The number of rotatable bonds is 2. The molecule has 3 saturated carbocycles. The van der Waals surface area contributed by atoms with Crippen molar-refractivity contribution in [2.75, 3.05) is 0 Å². The van der Waals surface area contributed by atoms with Crippen LogP contribution >= 0.6 is 34.2 Å². The lowest BCUT2D eigenvalue weighted by Crippen LogP contribution is -2.62. The highest BCUT2D eigenvalue weighted by atomic mass is 127. The van der Waals surface area contributed by atoms with Crippen molar-refractivity contribution in [2.24, 2.45) is 11.1 Å². The molecule has 0 amide bonds. The molecule has 7 heteroatoms. The van der Waals surface area contributed by atoms with Gasteiger partial charge in [0, 0.05) is 23.4 Å². The molecule has 1 unspecified atom stereocenters. The van der Waals surface area contributed by atoms with E-state index in [0.717, 1.165) is 38.5 Å². The molecule has 0 aromatic heterocycles. The van der Waals surface area contributed by atoms with Crippen LogP contribution in [-0.4, -0.2) is 22.4 Å². The maximum absolute atomic E-state index is 11.6. The molecule has 25 heavy (non-hydrogen) atoms. The average Bonchev–Trinajstić information content (AvgIpc) is 2.94. The highest BCUT2D eigenvalue weighted by Crippen LogP contribution is 2.62. The molecule has 1 aromatic carbocycles. The normalized spacial score (nSPS) is 35.9. The number of halogens is 2. The Kier molecular flexibility index (Phi) is 3.81. The van der Waals surface area contributed by atoms with Crippen LogP contribution in [0.25, 0.3) is 0 Å². The van der Waals surface area contributed by atoms with Gasteiger partial charge in [0.1, 0.15) is 5.02 Å². The summed E-state index contributed by atoms with van der Waals surface area (Å²) in [5.41, 5.74) is 7.03. The van der Waals surface area contributed by atoms with Crippen molar-refractivity contribution in [1.29, 1.82) is 0 Å². The summed E-state index contributed by atoms with van der Waals surface area (Å²) in [5.74, 6) is -0.910. The predicted octanol–water partition coefficient (Wildman–Crippen LogP) is 4.49. The zero-order chi connectivity index (χ0) is 18.2. The molecule has 1 heterocycles. The average molecular weight is 478 g/mol. The Labute approximate surface area is 165 Å². The Morgan fingerprint density at radius 3 is 2.20 bits per heavy atom. The second-order valence-corrected chi connectivity index (χ2v) is 9.34. The number of carboxylic acid groups (broad SMARTS) is 1. The van der Waals surface area contributed by atoms with Gasteiger partial charge in [-0.2, -0.15) is 0 Å².